The lowest BCUT2D eigenvalue weighted by Gasteiger charge is -2.07. The van der Waals surface area contributed by atoms with Gasteiger partial charge in [0.25, 0.3) is 0 Å². The van der Waals surface area contributed by atoms with Gasteiger partial charge in [-0.15, -0.1) is 0 Å². The number of nitrogens with zero attached hydrogens (tertiary/aromatic N) is 4. The van der Waals surface area contributed by atoms with Gasteiger partial charge >= 0.3 is 0 Å². The van der Waals surface area contributed by atoms with Crippen molar-refractivity contribution in [3.05, 3.63) is 77.0 Å². The van der Waals surface area contributed by atoms with E-state index in [1.165, 1.54) is 18.6 Å². The minimum Gasteiger partial charge on any atom is -0.370 e. The van der Waals surface area contributed by atoms with Gasteiger partial charge in [0.1, 0.15) is 17.8 Å². The third-order valence-electron chi connectivity index (χ3n) is 4.84. The van der Waals surface area contributed by atoms with Gasteiger partial charge in [-0.3, -0.25) is 9.78 Å². The maximum absolute atomic E-state index is 14.8. The van der Waals surface area contributed by atoms with Gasteiger partial charge in [0.05, 0.1) is 16.5 Å². The number of hydrogen-bond donors (Lipinski definition) is 2. The van der Waals surface area contributed by atoms with Gasteiger partial charge in [0.15, 0.2) is 5.78 Å². The van der Waals surface area contributed by atoms with Crippen molar-refractivity contribution >= 4 is 22.6 Å². The third-order valence-corrected chi connectivity index (χ3v) is 4.84. The Morgan fingerprint density at radius 2 is 1.90 bits per heavy atom. The molecule has 0 unspecified atom stereocenters. The van der Waals surface area contributed by atoms with Gasteiger partial charge in [0.2, 0.25) is 5.95 Å². The van der Waals surface area contributed by atoms with Crippen LogP contribution in [0, 0.1) is 5.95 Å². The van der Waals surface area contributed by atoms with E-state index >= 15 is 0 Å². The highest BCUT2D eigenvalue weighted by molar-refractivity contribution is 6.17. The van der Waals surface area contributed by atoms with Crippen molar-refractivity contribution in [2.24, 2.45) is 0 Å². The molecule has 0 amide bonds. The summed E-state index contributed by atoms with van der Waals surface area (Å²) in [5.41, 5.74) is 3.18. The van der Waals surface area contributed by atoms with Crippen molar-refractivity contribution in [3.8, 4) is 0 Å². The fourth-order valence-corrected chi connectivity index (χ4v) is 3.31. The second-order valence-electron chi connectivity index (χ2n) is 6.84. The number of fused-ring (bicyclic) bond motifs is 1. The molecule has 0 spiro atoms. The van der Waals surface area contributed by atoms with Crippen LogP contribution in [0.1, 0.15) is 46.7 Å². The molecule has 0 atom stereocenters. The number of carbonyl (C=O) groups excluding carboxylic acids is 1. The van der Waals surface area contributed by atoms with Gasteiger partial charge in [-0.25, -0.2) is 15.0 Å². The number of aromatic amines is 1. The third kappa shape index (κ3) is 3.76. The average molecular weight is 404 g/mol. The molecule has 0 saturated carbocycles. The summed E-state index contributed by atoms with van der Waals surface area (Å²) < 4.78 is 14.8. The Balaban J connectivity index is 1.63. The van der Waals surface area contributed by atoms with E-state index in [0.717, 1.165) is 17.7 Å². The molecule has 4 heterocycles. The largest absolute Gasteiger partial charge is 0.370 e. The Kier molecular flexibility index (Phi) is 5.47. The Hall–Kier alpha value is -3.68. The molecule has 0 saturated heterocycles. The highest BCUT2D eigenvalue weighted by Gasteiger charge is 2.22. The number of ketones is 1. The SMILES string of the molecule is CCNc1ncnc2[nH]cc(C(=O)c3ccc(Cc4ccc(CC)nc4)nc3F)c12. The summed E-state index contributed by atoms with van der Waals surface area (Å²) in [5, 5.41) is 3.64. The molecule has 7 nitrogen and oxygen atoms in total. The van der Waals surface area contributed by atoms with E-state index in [2.05, 4.69) is 30.2 Å². The molecule has 0 fully saturated rings. The number of halogens is 1. The predicted molar refractivity (Wildman–Crippen MR) is 112 cm³/mol. The number of carbonyl (C=O) groups is 1. The highest BCUT2D eigenvalue weighted by atomic mass is 19.1. The van der Waals surface area contributed by atoms with Gasteiger partial charge in [-0.1, -0.05) is 13.0 Å². The molecule has 2 N–H and O–H groups in total. The van der Waals surface area contributed by atoms with Crippen molar-refractivity contribution in [3.63, 3.8) is 0 Å². The topological polar surface area (TPSA) is 96.5 Å². The van der Waals surface area contributed by atoms with Crippen molar-refractivity contribution in [1.29, 1.82) is 0 Å². The van der Waals surface area contributed by atoms with Crippen LogP contribution in [-0.2, 0) is 12.8 Å². The van der Waals surface area contributed by atoms with Crippen LogP contribution in [0.2, 0.25) is 0 Å². The number of pyridine rings is 2. The van der Waals surface area contributed by atoms with Gasteiger partial charge in [-0.2, -0.15) is 4.39 Å². The number of nitrogens with one attached hydrogen (secondary N) is 2. The number of anilines is 1. The van der Waals surface area contributed by atoms with E-state index in [0.29, 0.717) is 41.1 Å². The second-order valence-corrected chi connectivity index (χ2v) is 6.84. The molecule has 0 aromatic carbocycles. The maximum atomic E-state index is 14.8. The van der Waals surface area contributed by atoms with Gasteiger partial charge < -0.3 is 10.3 Å². The lowest BCUT2D eigenvalue weighted by atomic mass is 10.0. The van der Waals surface area contributed by atoms with Crippen molar-refractivity contribution in [2.75, 3.05) is 11.9 Å². The standard InChI is InChI=1S/C22H21FN6O/c1-3-14-6-5-13(10-25-14)9-15-7-8-16(20(23)29-15)19(30)17-11-26-22-18(17)21(24-4-2)27-12-28-22/h5-8,10-12H,3-4,9H2,1-2H3,(H2,24,26,27,28). The Labute approximate surface area is 172 Å². The first-order valence-corrected chi connectivity index (χ1v) is 9.80. The number of aromatic nitrogens is 5. The summed E-state index contributed by atoms with van der Waals surface area (Å²) in [6, 6.07) is 7.05. The van der Waals surface area contributed by atoms with Gasteiger partial charge in [-0.05, 0) is 37.1 Å². The maximum Gasteiger partial charge on any atom is 0.224 e. The normalized spacial score (nSPS) is 11.0. The Morgan fingerprint density at radius 1 is 1.07 bits per heavy atom. The molecule has 152 valence electrons. The Morgan fingerprint density at radius 3 is 2.60 bits per heavy atom. The number of H-pyrrole nitrogens is 1. The van der Waals surface area contributed by atoms with Crippen LogP contribution < -0.4 is 5.32 Å². The summed E-state index contributed by atoms with van der Waals surface area (Å²) in [4.78, 5) is 32.7. The molecule has 8 heteroatoms. The quantitative estimate of drug-likeness (QED) is 0.360. The molecular formula is C22H21FN6O. The minimum absolute atomic E-state index is 0.0922. The average Bonchev–Trinajstić information content (AvgIpc) is 3.19. The summed E-state index contributed by atoms with van der Waals surface area (Å²) in [5.74, 6) is -0.743. The monoisotopic (exact) mass is 404 g/mol. The van der Waals surface area contributed by atoms with E-state index in [-0.39, 0.29) is 5.56 Å². The van der Waals surface area contributed by atoms with E-state index in [4.69, 9.17) is 0 Å². The second kappa shape index (κ2) is 8.36. The van der Waals surface area contributed by atoms with Crippen LogP contribution in [0.25, 0.3) is 11.0 Å². The summed E-state index contributed by atoms with van der Waals surface area (Å²) in [6.07, 6.45) is 6.00. The molecular weight excluding hydrogens is 383 g/mol. The van der Waals surface area contributed by atoms with E-state index < -0.39 is 11.7 Å². The molecule has 4 aromatic rings. The summed E-state index contributed by atoms with van der Waals surface area (Å²) >= 11 is 0. The molecule has 0 bridgehead atoms. The van der Waals surface area contributed by atoms with Gasteiger partial charge in [0, 0.05) is 36.7 Å². The molecule has 4 aromatic heterocycles. The van der Waals surface area contributed by atoms with Crippen molar-refractivity contribution in [1.82, 2.24) is 24.9 Å². The van der Waals surface area contributed by atoms with Crippen LogP contribution in [0.5, 0.6) is 0 Å². The van der Waals surface area contributed by atoms with Crippen LogP contribution >= 0.6 is 0 Å². The first-order chi connectivity index (χ1) is 14.6. The fraction of sp³-hybridized carbons (Fsp3) is 0.227. The fourth-order valence-electron chi connectivity index (χ4n) is 3.31. The van der Waals surface area contributed by atoms with Crippen molar-refractivity contribution in [2.45, 2.75) is 26.7 Å². The smallest absolute Gasteiger partial charge is 0.224 e. The lowest BCUT2D eigenvalue weighted by molar-refractivity contribution is 0.103. The molecule has 30 heavy (non-hydrogen) atoms. The van der Waals surface area contributed by atoms with E-state index in [1.807, 2.05) is 26.0 Å². The zero-order chi connectivity index (χ0) is 21.1. The van der Waals surface area contributed by atoms with Crippen LogP contribution in [0.15, 0.2) is 43.0 Å². The Bertz CT molecular complexity index is 1200. The molecule has 0 radical (unpaired) electrons. The zero-order valence-electron chi connectivity index (χ0n) is 16.7. The molecule has 4 rings (SSSR count). The molecule has 0 aliphatic heterocycles. The van der Waals surface area contributed by atoms with Crippen LogP contribution in [0.4, 0.5) is 10.2 Å². The summed E-state index contributed by atoms with van der Waals surface area (Å²) in [6.45, 7) is 4.59. The van der Waals surface area contributed by atoms with E-state index in [1.54, 1.807) is 12.3 Å². The van der Waals surface area contributed by atoms with Crippen LogP contribution in [-0.4, -0.2) is 37.2 Å². The summed E-state index contributed by atoms with van der Waals surface area (Å²) in [7, 11) is 0. The minimum atomic E-state index is -0.799. The first-order valence-electron chi connectivity index (χ1n) is 9.80. The first kappa shape index (κ1) is 19.6. The molecule has 0 aliphatic carbocycles. The van der Waals surface area contributed by atoms with E-state index in [9.17, 15) is 9.18 Å². The lowest BCUT2D eigenvalue weighted by Crippen LogP contribution is -2.08. The van der Waals surface area contributed by atoms with Crippen LogP contribution in [0.3, 0.4) is 0 Å². The van der Waals surface area contributed by atoms with Crippen molar-refractivity contribution < 1.29 is 9.18 Å². The highest BCUT2D eigenvalue weighted by Crippen LogP contribution is 2.26. The number of aryl methyl sites for hydroxylation is 1. The number of hydrogen-bond acceptors (Lipinski definition) is 6. The zero-order valence-corrected chi connectivity index (χ0v) is 16.7. The molecule has 0 aliphatic rings. The number of rotatable bonds is 7. The predicted octanol–water partition coefficient (Wildman–Crippen LogP) is 3.70.